The highest BCUT2D eigenvalue weighted by Crippen LogP contribution is 2.19. The summed E-state index contributed by atoms with van der Waals surface area (Å²) in [7, 11) is 0. The molecule has 7 heteroatoms. The predicted molar refractivity (Wildman–Crippen MR) is 113 cm³/mol. The minimum absolute atomic E-state index is 0. The fourth-order valence-electron chi connectivity index (χ4n) is 3.31. The first kappa shape index (κ1) is 21.4. The van der Waals surface area contributed by atoms with Crippen LogP contribution >= 0.6 is 23.7 Å². The van der Waals surface area contributed by atoms with E-state index in [0.717, 1.165) is 38.9 Å². The average molecular weight is 408 g/mol. The van der Waals surface area contributed by atoms with Crippen molar-refractivity contribution < 1.29 is 9.59 Å². The van der Waals surface area contributed by atoms with Crippen LogP contribution in [0.4, 0.5) is 5.69 Å². The first-order chi connectivity index (χ1) is 12.7. The number of thiophene rings is 1. The van der Waals surface area contributed by atoms with Crippen molar-refractivity contribution in [2.75, 3.05) is 25.0 Å². The topological polar surface area (TPSA) is 61.4 Å². The van der Waals surface area contributed by atoms with Gasteiger partial charge in [-0.1, -0.05) is 19.1 Å². The molecule has 1 aliphatic rings. The molecule has 0 radical (unpaired) electrons. The third kappa shape index (κ3) is 5.54. The lowest BCUT2D eigenvalue weighted by molar-refractivity contribution is 0.0642. The van der Waals surface area contributed by atoms with E-state index in [9.17, 15) is 9.59 Å². The number of carbonyl (C=O) groups excluding carboxylic acids is 2. The second-order valence-corrected chi connectivity index (χ2v) is 7.44. The van der Waals surface area contributed by atoms with E-state index in [4.69, 9.17) is 0 Å². The van der Waals surface area contributed by atoms with E-state index in [1.807, 2.05) is 34.5 Å². The van der Waals surface area contributed by atoms with Crippen molar-refractivity contribution in [2.24, 2.45) is 0 Å². The Kier molecular flexibility index (Phi) is 8.28. The molecule has 1 fully saturated rings. The zero-order valence-electron chi connectivity index (χ0n) is 15.4. The second kappa shape index (κ2) is 10.4. The van der Waals surface area contributed by atoms with Crippen molar-refractivity contribution in [3.63, 3.8) is 0 Å². The van der Waals surface area contributed by atoms with Crippen LogP contribution in [0, 0.1) is 0 Å². The fourth-order valence-corrected chi connectivity index (χ4v) is 3.92. The van der Waals surface area contributed by atoms with Gasteiger partial charge in [0.2, 0.25) is 0 Å². The molecule has 2 aromatic rings. The number of piperidine rings is 1. The molecule has 0 saturated carbocycles. The summed E-state index contributed by atoms with van der Waals surface area (Å²) in [5.41, 5.74) is 1.27. The summed E-state index contributed by atoms with van der Waals surface area (Å²) in [6, 6.07) is 11.2. The third-order valence-corrected chi connectivity index (χ3v) is 5.46. The quantitative estimate of drug-likeness (QED) is 0.760. The van der Waals surface area contributed by atoms with E-state index in [0.29, 0.717) is 16.1 Å². The molecule has 146 valence electrons. The summed E-state index contributed by atoms with van der Waals surface area (Å²) < 4.78 is 0. The second-order valence-electron chi connectivity index (χ2n) is 6.49. The van der Waals surface area contributed by atoms with Gasteiger partial charge in [-0.2, -0.15) is 0 Å². The van der Waals surface area contributed by atoms with Crippen LogP contribution in [-0.4, -0.2) is 42.4 Å². The van der Waals surface area contributed by atoms with Crippen molar-refractivity contribution in [3.05, 3.63) is 52.2 Å². The van der Waals surface area contributed by atoms with Crippen molar-refractivity contribution in [3.8, 4) is 0 Å². The SMILES string of the molecule is CCCN(C(=O)c1cccc(NC(=O)c2cccs2)c1)C1CCNCC1.Cl. The largest absolute Gasteiger partial charge is 0.336 e. The Labute approximate surface area is 170 Å². The summed E-state index contributed by atoms with van der Waals surface area (Å²) in [5.74, 6) is -0.0978. The summed E-state index contributed by atoms with van der Waals surface area (Å²) in [5, 5.41) is 8.10. The zero-order valence-corrected chi connectivity index (χ0v) is 17.1. The molecule has 0 bridgehead atoms. The van der Waals surface area contributed by atoms with E-state index in [1.165, 1.54) is 11.3 Å². The van der Waals surface area contributed by atoms with Crippen molar-refractivity contribution in [1.82, 2.24) is 10.2 Å². The van der Waals surface area contributed by atoms with Gasteiger partial charge in [-0.05, 0) is 62.0 Å². The molecule has 1 aliphatic heterocycles. The van der Waals surface area contributed by atoms with Gasteiger partial charge >= 0.3 is 0 Å². The molecule has 27 heavy (non-hydrogen) atoms. The van der Waals surface area contributed by atoms with Gasteiger partial charge in [0.1, 0.15) is 0 Å². The van der Waals surface area contributed by atoms with Gasteiger partial charge in [0.05, 0.1) is 4.88 Å². The van der Waals surface area contributed by atoms with Crippen molar-refractivity contribution in [1.29, 1.82) is 0 Å². The highest BCUT2D eigenvalue weighted by Gasteiger charge is 2.25. The highest BCUT2D eigenvalue weighted by molar-refractivity contribution is 7.12. The van der Waals surface area contributed by atoms with Gasteiger partial charge in [0.25, 0.3) is 11.8 Å². The number of anilines is 1. The minimum Gasteiger partial charge on any atom is -0.336 e. The van der Waals surface area contributed by atoms with E-state index in [1.54, 1.807) is 12.1 Å². The molecule has 1 saturated heterocycles. The van der Waals surface area contributed by atoms with Gasteiger partial charge < -0.3 is 15.5 Å². The maximum atomic E-state index is 13.1. The number of hydrogen-bond donors (Lipinski definition) is 2. The maximum Gasteiger partial charge on any atom is 0.265 e. The standard InChI is InChI=1S/C20H25N3O2S.ClH/c1-2-12-23(17-8-10-21-11-9-17)20(25)15-5-3-6-16(14-15)22-19(24)18-7-4-13-26-18;/h3-7,13-14,17,21H,2,8-12H2,1H3,(H,22,24);1H. The third-order valence-electron chi connectivity index (χ3n) is 4.59. The first-order valence-electron chi connectivity index (χ1n) is 9.15. The molecule has 1 aromatic carbocycles. The van der Waals surface area contributed by atoms with Crippen LogP contribution in [0.1, 0.15) is 46.2 Å². The molecule has 0 spiro atoms. The first-order valence-corrected chi connectivity index (χ1v) is 10.0. The molecule has 0 unspecified atom stereocenters. The predicted octanol–water partition coefficient (Wildman–Crippen LogP) is 4.03. The Morgan fingerprint density at radius 2 is 2.00 bits per heavy atom. The molecule has 2 N–H and O–H groups in total. The van der Waals surface area contributed by atoms with Crippen molar-refractivity contribution >= 4 is 41.2 Å². The molecule has 2 amide bonds. The number of nitrogens with one attached hydrogen (secondary N) is 2. The number of nitrogens with zero attached hydrogens (tertiary/aromatic N) is 1. The Bertz CT molecular complexity index is 745. The molecular weight excluding hydrogens is 382 g/mol. The molecule has 3 rings (SSSR count). The summed E-state index contributed by atoms with van der Waals surface area (Å²) in [6.45, 7) is 4.76. The van der Waals surface area contributed by atoms with Crippen molar-refractivity contribution in [2.45, 2.75) is 32.2 Å². The Morgan fingerprint density at radius 1 is 1.22 bits per heavy atom. The van der Waals surface area contributed by atoms with Crippen LogP contribution in [0.2, 0.25) is 0 Å². The molecule has 2 heterocycles. The Morgan fingerprint density at radius 3 is 2.67 bits per heavy atom. The van der Waals surface area contributed by atoms with Gasteiger partial charge in [-0.25, -0.2) is 0 Å². The number of hydrogen-bond acceptors (Lipinski definition) is 4. The minimum atomic E-state index is -0.145. The Hall–Kier alpha value is -1.89. The van der Waals surface area contributed by atoms with Gasteiger partial charge in [0.15, 0.2) is 0 Å². The number of rotatable bonds is 6. The maximum absolute atomic E-state index is 13.1. The normalized spacial score (nSPS) is 14.3. The average Bonchev–Trinajstić information content (AvgIpc) is 3.21. The van der Waals surface area contributed by atoms with Gasteiger partial charge in [0, 0.05) is 23.8 Å². The number of carbonyl (C=O) groups is 2. The van der Waals surface area contributed by atoms with Crippen LogP contribution in [0.15, 0.2) is 41.8 Å². The molecule has 5 nitrogen and oxygen atoms in total. The molecule has 1 aromatic heterocycles. The van der Waals surface area contributed by atoms with E-state index in [-0.39, 0.29) is 30.3 Å². The zero-order chi connectivity index (χ0) is 18.4. The number of benzene rings is 1. The monoisotopic (exact) mass is 407 g/mol. The molecular formula is C20H26ClN3O2S. The smallest absolute Gasteiger partial charge is 0.265 e. The lowest BCUT2D eigenvalue weighted by atomic mass is 10.0. The van der Waals surface area contributed by atoms with E-state index in [2.05, 4.69) is 17.6 Å². The van der Waals surface area contributed by atoms with Crippen LogP contribution in [0.5, 0.6) is 0 Å². The van der Waals surface area contributed by atoms with Crippen LogP contribution in [0.25, 0.3) is 0 Å². The van der Waals surface area contributed by atoms with Gasteiger partial charge in [-0.3, -0.25) is 9.59 Å². The van der Waals surface area contributed by atoms with Gasteiger partial charge in [-0.15, -0.1) is 23.7 Å². The Balaban J connectivity index is 0.00000261. The molecule has 0 aliphatic carbocycles. The lowest BCUT2D eigenvalue weighted by Crippen LogP contribution is -2.46. The number of halogens is 1. The summed E-state index contributed by atoms with van der Waals surface area (Å²) in [6.07, 6.45) is 2.91. The fraction of sp³-hybridized carbons (Fsp3) is 0.400. The molecule has 0 atom stereocenters. The highest BCUT2D eigenvalue weighted by atomic mass is 35.5. The van der Waals surface area contributed by atoms with Crippen LogP contribution in [-0.2, 0) is 0 Å². The van der Waals surface area contributed by atoms with Crippen LogP contribution in [0.3, 0.4) is 0 Å². The summed E-state index contributed by atoms with van der Waals surface area (Å²) in [4.78, 5) is 28.0. The van der Waals surface area contributed by atoms with Crippen LogP contribution < -0.4 is 10.6 Å². The van der Waals surface area contributed by atoms with E-state index >= 15 is 0 Å². The summed E-state index contributed by atoms with van der Waals surface area (Å²) >= 11 is 1.40. The number of amides is 2. The lowest BCUT2D eigenvalue weighted by Gasteiger charge is -2.34. The van der Waals surface area contributed by atoms with E-state index < -0.39 is 0 Å².